The van der Waals surface area contributed by atoms with Gasteiger partial charge in [-0.15, -0.1) is 0 Å². The highest BCUT2D eigenvalue weighted by atomic mass is 35.5. The summed E-state index contributed by atoms with van der Waals surface area (Å²) >= 11 is 6.32. The van der Waals surface area contributed by atoms with Crippen LogP contribution in [0.2, 0.25) is 5.02 Å². The van der Waals surface area contributed by atoms with Gasteiger partial charge in [-0.25, -0.2) is 9.78 Å². The molecule has 7 heteroatoms. The van der Waals surface area contributed by atoms with Crippen molar-refractivity contribution in [2.45, 2.75) is 46.6 Å². The van der Waals surface area contributed by atoms with E-state index >= 15 is 0 Å². The first-order valence-electron chi connectivity index (χ1n) is 12.7. The first-order chi connectivity index (χ1) is 17.8. The molecule has 0 spiro atoms. The van der Waals surface area contributed by atoms with Crippen LogP contribution in [0.3, 0.4) is 0 Å². The molecule has 1 N–H and O–H groups in total. The van der Waals surface area contributed by atoms with E-state index in [0.29, 0.717) is 46.3 Å². The number of hydrogen-bond acceptors (Lipinski definition) is 3. The van der Waals surface area contributed by atoms with Crippen LogP contribution in [0.4, 0.5) is 10.5 Å². The quantitative estimate of drug-likeness (QED) is 0.265. The summed E-state index contributed by atoms with van der Waals surface area (Å²) in [5.41, 5.74) is 2.77. The van der Waals surface area contributed by atoms with Gasteiger partial charge in [0.05, 0.1) is 22.6 Å². The highest BCUT2D eigenvalue weighted by Crippen LogP contribution is 2.28. The number of amides is 2. The zero-order chi connectivity index (χ0) is 26.5. The Hall–Kier alpha value is -3.64. The molecule has 0 saturated carbocycles. The SMILES string of the molecule is CCC(c1nc2ccccc2c(=O)n1-c1cccc(Cl)c1)N(CCC(C)C)C(=O)Nc1ccccc1C. The Kier molecular flexibility index (Phi) is 8.29. The predicted octanol–water partition coefficient (Wildman–Crippen LogP) is 7.38. The number of aryl methyl sites for hydroxylation is 1. The summed E-state index contributed by atoms with van der Waals surface area (Å²) in [7, 11) is 0. The number of carbonyl (C=O) groups is 1. The Bertz CT molecular complexity index is 1460. The highest BCUT2D eigenvalue weighted by Gasteiger charge is 2.29. The Labute approximate surface area is 222 Å². The lowest BCUT2D eigenvalue weighted by atomic mass is 10.1. The number of benzene rings is 3. The molecule has 4 rings (SSSR count). The van der Waals surface area contributed by atoms with E-state index in [4.69, 9.17) is 16.6 Å². The Morgan fingerprint density at radius 1 is 1.05 bits per heavy atom. The van der Waals surface area contributed by atoms with Crippen molar-refractivity contribution in [1.82, 2.24) is 14.5 Å². The van der Waals surface area contributed by atoms with E-state index in [1.54, 1.807) is 22.8 Å². The number of urea groups is 1. The number of rotatable bonds is 8. The first-order valence-corrected chi connectivity index (χ1v) is 13.1. The molecule has 1 unspecified atom stereocenters. The van der Waals surface area contributed by atoms with Gasteiger partial charge in [0.25, 0.3) is 5.56 Å². The minimum absolute atomic E-state index is 0.190. The summed E-state index contributed by atoms with van der Waals surface area (Å²) in [5, 5.41) is 4.12. The van der Waals surface area contributed by atoms with Crippen LogP contribution < -0.4 is 10.9 Å². The van der Waals surface area contributed by atoms with E-state index in [1.807, 2.05) is 73.3 Å². The fraction of sp³-hybridized carbons (Fsp3) is 0.300. The Morgan fingerprint density at radius 3 is 2.49 bits per heavy atom. The third-order valence-electron chi connectivity index (χ3n) is 6.52. The number of hydrogen-bond donors (Lipinski definition) is 1. The minimum atomic E-state index is -0.445. The summed E-state index contributed by atoms with van der Waals surface area (Å²) in [6.45, 7) is 8.76. The molecule has 0 aliphatic rings. The van der Waals surface area contributed by atoms with Crippen LogP contribution in [0.25, 0.3) is 16.6 Å². The van der Waals surface area contributed by atoms with Crippen molar-refractivity contribution < 1.29 is 4.79 Å². The Morgan fingerprint density at radius 2 is 1.78 bits per heavy atom. The molecule has 1 aromatic heterocycles. The monoisotopic (exact) mass is 516 g/mol. The van der Waals surface area contributed by atoms with Crippen molar-refractivity contribution in [3.05, 3.63) is 99.6 Å². The summed E-state index contributed by atoms with van der Waals surface area (Å²) < 4.78 is 1.60. The van der Waals surface area contributed by atoms with Crippen molar-refractivity contribution >= 4 is 34.2 Å². The van der Waals surface area contributed by atoms with Crippen molar-refractivity contribution in [3.8, 4) is 5.69 Å². The minimum Gasteiger partial charge on any atom is -0.314 e. The maximum atomic E-state index is 13.8. The summed E-state index contributed by atoms with van der Waals surface area (Å²) in [5.74, 6) is 0.906. The van der Waals surface area contributed by atoms with E-state index in [-0.39, 0.29) is 11.6 Å². The van der Waals surface area contributed by atoms with Gasteiger partial charge < -0.3 is 10.2 Å². The summed E-state index contributed by atoms with van der Waals surface area (Å²) in [6, 6.07) is 21.5. The molecule has 6 nitrogen and oxygen atoms in total. The van der Waals surface area contributed by atoms with Crippen molar-refractivity contribution in [1.29, 1.82) is 0 Å². The molecule has 192 valence electrons. The van der Waals surface area contributed by atoms with Crippen LogP contribution >= 0.6 is 11.6 Å². The lowest BCUT2D eigenvalue weighted by Gasteiger charge is -2.33. The number of para-hydroxylation sites is 2. The normalized spacial score (nSPS) is 12.1. The zero-order valence-electron chi connectivity index (χ0n) is 21.7. The van der Waals surface area contributed by atoms with Crippen LogP contribution in [0.5, 0.6) is 0 Å². The third kappa shape index (κ3) is 5.86. The van der Waals surface area contributed by atoms with Gasteiger partial charge in [-0.3, -0.25) is 9.36 Å². The molecule has 3 aromatic carbocycles. The molecule has 2 amide bonds. The van der Waals surface area contributed by atoms with Crippen molar-refractivity contribution in [3.63, 3.8) is 0 Å². The second kappa shape index (κ2) is 11.6. The standard InChI is InChI=1S/C30H33ClN4O2/c1-5-27(34(18-17-20(2)3)30(37)33-25-15-8-6-11-21(25)4)28-32-26-16-9-7-14-24(26)29(36)35(28)23-13-10-12-22(31)19-23/h6-16,19-20,27H,5,17-18H2,1-4H3,(H,33,37). The van der Waals surface area contributed by atoms with Gasteiger partial charge in [-0.1, -0.05) is 68.8 Å². The number of fused-ring (bicyclic) bond motifs is 1. The van der Waals surface area contributed by atoms with Crippen molar-refractivity contribution in [2.24, 2.45) is 5.92 Å². The maximum Gasteiger partial charge on any atom is 0.322 e. The number of carbonyl (C=O) groups excluding carboxylic acids is 1. The smallest absolute Gasteiger partial charge is 0.314 e. The van der Waals surface area contributed by atoms with E-state index in [2.05, 4.69) is 19.2 Å². The molecule has 0 fully saturated rings. The van der Waals surface area contributed by atoms with E-state index < -0.39 is 6.04 Å². The topological polar surface area (TPSA) is 67.2 Å². The molecule has 1 heterocycles. The van der Waals surface area contributed by atoms with Gasteiger partial charge >= 0.3 is 6.03 Å². The van der Waals surface area contributed by atoms with Gasteiger partial charge in [0.2, 0.25) is 0 Å². The summed E-state index contributed by atoms with van der Waals surface area (Å²) in [6.07, 6.45) is 1.39. The lowest BCUT2D eigenvalue weighted by Crippen LogP contribution is -2.41. The van der Waals surface area contributed by atoms with Gasteiger partial charge in [0, 0.05) is 17.3 Å². The number of anilines is 1. The van der Waals surface area contributed by atoms with Crippen LogP contribution in [0, 0.1) is 12.8 Å². The third-order valence-corrected chi connectivity index (χ3v) is 6.76. The maximum absolute atomic E-state index is 13.8. The average molecular weight is 517 g/mol. The zero-order valence-corrected chi connectivity index (χ0v) is 22.5. The van der Waals surface area contributed by atoms with Gasteiger partial charge in [0.1, 0.15) is 5.82 Å². The van der Waals surface area contributed by atoms with Crippen molar-refractivity contribution in [2.75, 3.05) is 11.9 Å². The van der Waals surface area contributed by atoms with E-state index in [1.165, 1.54) is 0 Å². The molecular weight excluding hydrogens is 484 g/mol. The number of nitrogens with one attached hydrogen (secondary N) is 1. The molecular formula is C30H33ClN4O2. The first kappa shape index (κ1) is 26.4. The number of halogens is 1. The molecule has 0 aliphatic carbocycles. The predicted molar refractivity (Wildman–Crippen MR) is 152 cm³/mol. The lowest BCUT2D eigenvalue weighted by molar-refractivity contribution is 0.176. The Balaban J connectivity index is 1.88. The highest BCUT2D eigenvalue weighted by molar-refractivity contribution is 6.30. The summed E-state index contributed by atoms with van der Waals surface area (Å²) in [4.78, 5) is 34.4. The molecule has 0 radical (unpaired) electrons. The molecule has 0 bridgehead atoms. The molecule has 0 aliphatic heterocycles. The van der Waals surface area contributed by atoms with Crippen LogP contribution in [0.15, 0.2) is 77.6 Å². The number of aromatic nitrogens is 2. The molecule has 1 atom stereocenters. The number of nitrogens with zero attached hydrogens (tertiary/aromatic N) is 3. The van der Waals surface area contributed by atoms with Gasteiger partial charge in [0.15, 0.2) is 0 Å². The molecule has 37 heavy (non-hydrogen) atoms. The fourth-order valence-corrected chi connectivity index (χ4v) is 4.66. The molecule has 4 aromatic rings. The second-order valence-corrected chi connectivity index (χ2v) is 10.1. The van der Waals surface area contributed by atoms with E-state index in [9.17, 15) is 9.59 Å². The van der Waals surface area contributed by atoms with E-state index in [0.717, 1.165) is 17.7 Å². The second-order valence-electron chi connectivity index (χ2n) is 9.65. The van der Waals surface area contributed by atoms with Crippen LogP contribution in [-0.2, 0) is 0 Å². The fourth-order valence-electron chi connectivity index (χ4n) is 4.48. The molecule has 0 saturated heterocycles. The van der Waals surface area contributed by atoms with Crippen LogP contribution in [0.1, 0.15) is 51.0 Å². The average Bonchev–Trinajstić information content (AvgIpc) is 2.87. The van der Waals surface area contributed by atoms with Gasteiger partial charge in [-0.2, -0.15) is 0 Å². The van der Waals surface area contributed by atoms with Gasteiger partial charge in [-0.05, 0) is 67.6 Å². The largest absolute Gasteiger partial charge is 0.322 e. The van der Waals surface area contributed by atoms with Crippen LogP contribution in [-0.4, -0.2) is 27.0 Å².